The highest BCUT2D eigenvalue weighted by Crippen LogP contribution is 2.30. The van der Waals surface area contributed by atoms with E-state index in [-0.39, 0.29) is 5.82 Å². The van der Waals surface area contributed by atoms with Crippen LogP contribution in [-0.4, -0.2) is 9.78 Å². The molecule has 21 heavy (non-hydrogen) atoms. The van der Waals surface area contributed by atoms with Gasteiger partial charge < -0.3 is 5.73 Å². The van der Waals surface area contributed by atoms with Crippen molar-refractivity contribution in [1.82, 2.24) is 9.78 Å². The maximum atomic E-state index is 14.0. The third kappa shape index (κ3) is 2.69. The van der Waals surface area contributed by atoms with Crippen LogP contribution < -0.4 is 5.73 Å². The van der Waals surface area contributed by atoms with E-state index >= 15 is 0 Å². The Balaban J connectivity index is 2.09. The first-order valence-electron chi connectivity index (χ1n) is 6.42. The van der Waals surface area contributed by atoms with Crippen LogP contribution in [0.5, 0.6) is 0 Å². The van der Waals surface area contributed by atoms with Crippen molar-refractivity contribution in [1.29, 1.82) is 0 Å². The van der Waals surface area contributed by atoms with Crippen molar-refractivity contribution in [3.63, 3.8) is 0 Å². The van der Waals surface area contributed by atoms with Crippen LogP contribution >= 0.6 is 15.9 Å². The molecule has 5 heteroatoms. The number of rotatable bonds is 2. The van der Waals surface area contributed by atoms with E-state index in [0.717, 1.165) is 15.7 Å². The molecule has 0 aliphatic rings. The monoisotopic (exact) mass is 345 g/mol. The Labute approximate surface area is 130 Å². The van der Waals surface area contributed by atoms with Gasteiger partial charge >= 0.3 is 0 Å². The Hall–Kier alpha value is -2.14. The molecule has 0 aliphatic heterocycles. The van der Waals surface area contributed by atoms with Crippen molar-refractivity contribution in [2.24, 2.45) is 0 Å². The summed E-state index contributed by atoms with van der Waals surface area (Å²) >= 11 is 3.34. The number of nitrogens with zero attached hydrogens (tertiary/aromatic N) is 2. The molecule has 0 bridgehead atoms. The minimum Gasteiger partial charge on any atom is -0.396 e. The Morgan fingerprint density at radius 3 is 2.57 bits per heavy atom. The lowest BCUT2D eigenvalue weighted by Crippen LogP contribution is -1.95. The fourth-order valence-corrected chi connectivity index (χ4v) is 2.47. The van der Waals surface area contributed by atoms with Crippen LogP contribution in [0.1, 0.15) is 5.56 Å². The van der Waals surface area contributed by atoms with E-state index < -0.39 is 0 Å². The summed E-state index contributed by atoms with van der Waals surface area (Å²) in [7, 11) is 0. The highest BCUT2D eigenvalue weighted by molar-refractivity contribution is 9.10. The van der Waals surface area contributed by atoms with Gasteiger partial charge in [-0.1, -0.05) is 33.6 Å². The number of hydrogen-bond acceptors (Lipinski definition) is 2. The molecule has 0 saturated heterocycles. The third-order valence-electron chi connectivity index (χ3n) is 3.22. The van der Waals surface area contributed by atoms with Gasteiger partial charge in [0.05, 0.1) is 17.6 Å². The van der Waals surface area contributed by atoms with Crippen LogP contribution in [-0.2, 0) is 0 Å². The molecule has 1 heterocycles. The van der Waals surface area contributed by atoms with Gasteiger partial charge in [0.2, 0.25) is 0 Å². The zero-order chi connectivity index (χ0) is 15.0. The number of benzene rings is 2. The van der Waals surface area contributed by atoms with Crippen LogP contribution in [0.3, 0.4) is 0 Å². The van der Waals surface area contributed by atoms with Crippen LogP contribution in [0.2, 0.25) is 0 Å². The van der Waals surface area contributed by atoms with E-state index in [9.17, 15) is 4.39 Å². The fourth-order valence-electron chi connectivity index (χ4n) is 2.11. The maximum absolute atomic E-state index is 14.0. The molecular formula is C16H13BrFN3. The van der Waals surface area contributed by atoms with Gasteiger partial charge in [0.15, 0.2) is 0 Å². The second kappa shape index (κ2) is 5.33. The molecule has 0 radical (unpaired) electrons. The summed E-state index contributed by atoms with van der Waals surface area (Å²) in [6.45, 7) is 2.02. The van der Waals surface area contributed by atoms with Crippen LogP contribution in [0.25, 0.3) is 16.9 Å². The Morgan fingerprint density at radius 1 is 1.14 bits per heavy atom. The lowest BCUT2D eigenvalue weighted by molar-refractivity contribution is 0.630. The van der Waals surface area contributed by atoms with Gasteiger partial charge in [-0.15, -0.1) is 0 Å². The molecule has 3 nitrogen and oxygen atoms in total. The average Bonchev–Trinajstić information content (AvgIpc) is 2.84. The molecule has 0 amide bonds. The van der Waals surface area contributed by atoms with Crippen molar-refractivity contribution >= 4 is 21.6 Å². The lowest BCUT2D eigenvalue weighted by Gasteiger charge is -2.03. The minimum atomic E-state index is -0.348. The van der Waals surface area contributed by atoms with Crippen molar-refractivity contribution in [2.75, 3.05) is 5.73 Å². The summed E-state index contributed by atoms with van der Waals surface area (Å²) in [5.41, 5.74) is 9.30. The molecule has 0 aliphatic carbocycles. The Bertz CT molecular complexity index is 794. The number of hydrogen-bond donors (Lipinski definition) is 1. The first-order chi connectivity index (χ1) is 10.0. The number of aryl methyl sites for hydroxylation is 1. The minimum absolute atomic E-state index is 0.348. The van der Waals surface area contributed by atoms with E-state index in [4.69, 9.17) is 5.73 Å². The van der Waals surface area contributed by atoms with Gasteiger partial charge in [-0.2, -0.15) is 5.10 Å². The summed E-state index contributed by atoms with van der Waals surface area (Å²) in [5.74, 6) is -0.348. The number of halogens is 2. The van der Waals surface area contributed by atoms with Crippen molar-refractivity contribution in [3.05, 3.63) is 64.5 Å². The van der Waals surface area contributed by atoms with E-state index in [1.54, 1.807) is 23.0 Å². The standard InChI is InChI=1S/C16H13BrFN3/c1-10-2-5-12(6-3-10)21-9-15(19)16(20-21)13-8-11(17)4-7-14(13)18/h2-9H,19H2,1H3. The lowest BCUT2D eigenvalue weighted by atomic mass is 10.1. The molecule has 0 atom stereocenters. The molecule has 0 saturated carbocycles. The highest BCUT2D eigenvalue weighted by Gasteiger charge is 2.14. The fraction of sp³-hybridized carbons (Fsp3) is 0.0625. The zero-order valence-corrected chi connectivity index (χ0v) is 12.9. The van der Waals surface area contributed by atoms with Crippen molar-refractivity contribution in [3.8, 4) is 16.9 Å². The number of aromatic nitrogens is 2. The zero-order valence-electron chi connectivity index (χ0n) is 11.3. The number of nitrogens with two attached hydrogens (primary N) is 1. The number of anilines is 1. The third-order valence-corrected chi connectivity index (χ3v) is 3.72. The average molecular weight is 346 g/mol. The van der Waals surface area contributed by atoms with Gasteiger partial charge in [-0.05, 0) is 37.3 Å². The van der Waals surface area contributed by atoms with Crippen molar-refractivity contribution < 1.29 is 4.39 Å². The molecule has 2 aromatic carbocycles. The molecule has 2 N–H and O–H groups in total. The van der Waals surface area contributed by atoms with E-state index in [2.05, 4.69) is 21.0 Å². The smallest absolute Gasteiger partial charge is 0.132 e. The summed E-state index contributed by atoms with van der Waals surface area (Å²) in [6.07, 6.45) is 1.69. The predicted molar refractivity (Wildman–Crippen MR) is 85.8 cm³/mol. The normalized spacial score (nSPS) is 10.8. The van der Waals surface area contributed by atoms with Crippen LogP contribution in [0, 0.1) is 12.7 Å². The van der Waals surface area contributed by atoms with Crippen LogP contribution in [0.4, 0.5) is 10.1 Å². The first kappa shape index (κ1) is 13.8. The molecule has 0 fully saturated rings. The molecule has 1 aromatic heterocycles. The molecule has 0 spiro atoms. The summed E-state index contributed by atoms with van der Waals surface area (Å²) in [6, 6.07) is 12.6. The Morgan fingerprint density at radius 2 is 1.86 bits per heavy atom. The molecular weight excluding hydrogens is 333 g/mol. The maximum Gasteiger partial charge on any atom is 0.132 e. The van der Waals surface area contributed by atoms with Gasteiger partial charge in [0, 0.05) is 10.0 Å². The van der Waals surface area contributed by atoms with E-state index in [1.807, 2.05) is 31.2 Å². The summed E-state index contributed by atoms with van der Waals surface area (Å²) < 4.78 is 16.4. The summed E-state index contributed by atoms with van der Waals surface area (Å²) in [4.78, 5) is 0. The van der Waals surface area contributed by atoms with Gasteiger partial charge in [0.1, 0.15) is 11.5 Å². The van der Waals surface area contributed by atoms with Gasteiger partial charge in [0.25, 0.3) is 0 Å². The Kier molecular flexibility index (Phi) is 3.51. The predicted octanol–water partition coefficient (Wildman–Crippen LogP) is 4.33. The van der Waals surface area contributed by atoms with Crippen LogP contribution in [0.15, 0.2) is 53.1 Å². The topological polar surface area (TPSA) is 43.8 Å². The van der Waals surface area contributed by atoms with Gasteiger partial charge in [-0.25, -0.2) is 9.07 Å². The second-order valence-electron chi connectivity index (χ2n) is 4.84. The quantitative estimate of drug-likeness (QED) is 0.751. The second-order valence-corrected chi connectivity index (χ2v) is 5.75. The SMILES string of the molecule is Cc1ccc(-n2cc(N)c(-c3cc(Br)ccc3F)n2)cc1. The molecule has 106 valence electrons. The van der Waals surface area contributed by atoms with Gasteiger partial charge in [-0.3, -0.25) is 0 Å². The largest absolute Gasteiger partial charge is 0.396 e. The van der Waals surface area contributed by atoms with E-state index in [1.165, 1.54) is 6.07 Å². The number of nitrogen functional groups attached to an aromatic ring is 1. The van der Waals surface area contributed by atoms with Crippen molar-refractivity contribution in [2.45, 2.75) is 6.92 Å². The van der Waals surface area contributed by atoms with E-state index in [0.29, 0.717) is 16.9 Å². The highest BCUT2D eigenvalue weighted by atomic mass is 79.9. The molecule has 3 aromatic rings. The first-order valence-corrected chi connectivity index (χ1v) is 7.21. The summed E-state index contributed by atoms with van der Waals surface area (Å²) in [5, 5.41) is 4.41. The molecule has 0 unspecified atom stereocenters. The molecule has 3 rings (SSSR count).